The minimum absolute atomic E-state index is 0.00649. The van der Waals surface area contributed by atoms with Crippen LogP contribution >= 0.6 is 11.3 Å². The first-order valence-corrected chi connectivity index (χ1v) is 10.0. The maximum atomic E-state index is 12.5. The van der Waals surface area contributed by atoms with E-state index in [0.717, 1.165) is 18.4 Å². The fraction of sp³-hybridized carbons (Fsp3) is 0.312. The Morgan fingerprint density at radius 3 is 2.71 bits per heavy atom. The molecule has 8 heteroatoms. The van der Waals surface area contributed by atoms with Gasteiger partial charge in [0.15, 0.2) is 5.43 Å². The van der Waals surface area contributed by atoms with E-state index in [-0.39, 0.29) is 10.5 Å². The van der Waals surface area contributed by atoms with E-state index in [9.17, 15) is 13.2 Å². The number of aromatic nitrogens is 1. The van der Waals surface area contributed by atoms with Crippen molar-refractivity contribution in [1.29, 1.82) is 0 Å². The van der Waals surface area contributed by atoms with Gasteiger partial charge in [-0.1, -0.05) is 0 Å². The molecule has 1 fully saturated rings. The first kappa shape index (κ1) is 15.6. The van der Waals surface area contributed by atoms with Crippen LogP contribution in [0.15, 0.2) is 50.1 Å². The Bertz CT molecular complexity index is 1040. The number of nitrogens with zero attached hydrogens (tertiary/aromatic N) is 2. The van der Waals surface area contributed by atoms with Crippen LogP contribution in [-0.2, 0) is 16.6 Å². The van der Waals surface area contributed by atoms with Crippen molar-refractivity contribution in [1.82, 2.24) is 8.87 Å². The topological polar surface area (TPSA) is 72.5 Å². The van der Waals surface area contributed by atoms with Gasteiger partial charge in [0.25, 0.3) is 10.0 Å². The summed E-state index contributed by atoms with van der Waals surface area (Å²) in [6.45, 7) is 1.48. The van der Waals surface area contributed by atoms with Gasteiger partial charge in [-0.25, -0.2) is 8.42 Å². The molecule has 4 heterocycles. The number of sulfonamides is 1. The number of thiophene rings is 1. The zero-order valence-corrected chi connectivity index (χ0v) is 14.5. The molecule has 1 saturated heterocycles. The van der Waals surface area contributed by atoms with Crippen LogP contribution in [0.4, 0.5) is 0 Å². The molecule has 3 aromatic rings. The second-order valence-electron chi connectivity index (χ2n) is 5.77. The number of hydrogen-bond donors (Lipinski definition) is 0. The van der Waals surface area contributed by atoms with Crippen molar-refractivity contribution in [3.8, 4) is 0 Å². The van der Waals surface area contributed by atoms with Gasteiger partial charge in [0, 0.05) is 25.4 Å². The van der Waals surface area contributed by atoms with Crippen LogP contribution in [0.2, 0.25) is 0 Å². The van der Waals surface area contributed by atoms with Gasteiger partial charge >= 0.3 is 0 Å². The van der Waals surface area contributed by atoms with Crippen LogP contribution in [0, 0.1) is 0 Å². The average molecular weight is 364 g/mol. The van der Waals surface area contributed by atoms with Crippen LogP contribution in [0.1, 0.15) is 18.6 Å². The highest BCUT2D eigenvalue weighted by Crippen LogP contribution is 2.24. The minimum atomic E-state index is -3.54. The first-order chi connectivity index (χ1) is 11.6. The molecule has 0 N–H and O–H groups in total. The van der Waals surface area contributed by atoms with E-state index in [4.69, 9.17) is 4.42 Å². The molecule has 0 aromatic carbocycles. The zero-order chi connectivity index (χ0) is 16.7. The number of fused-ring (bicyclic) bond motifs is 1. The second kappa shape index (κ2) is 5.87. The summed E-state index contributed by atoms with van der Waals surface area (Å²) in [5.74, 6) is 0.545. The quantitative estimate of drug-likeness (QED) is 0.713. The molecule has 4 rings (SSSR count). The van der Waals surface area contributed by atoms with Gasteiger partial charge in [-0.3, -0.25) is 4.79 Å². The lowest BCUT2D eigenvalue weighted by atomic mass is 10.3. The molecule has 0 saturated carbocycles. The Balaban J connectivity index is 1.64. The number of pyridine rings is 1. The molecule has 1 aliphatic heterocycles. The fourth-order valence-corrected chi connectivity index (χ4v) is 5.24. The molecule has 0 bridgehead atoms. The Hall–Kier alpha value is -1.90. The van der Waals surface area contributed by atoms with Gasteiger partial charge in [0.2, 0.25) is 5.09 Å². The predicted octanol–water partition coefficient (Wildman–Crippen LogP) is 2.49. The van der Waals surface area contributed by atoms with E-state index >= 15 is 0 Å². The molecule has 0 atom stereocenters. The van der Waals surface area contributed by atoms with Gasteiger partial charge in [-0.05, 0) is 36.4 Å². The minimum Gasteiger partial charge on any atom is -0.446 e. The summed E-state index contributed by atoms with van der Waals surface area (Å²) in [5.41, 5.74) is 0.820. The molecular weight excluding hydrogens is 348 g/mol. The molecule has 0 amide bonds. The van der Waals surface area contributed by atoms with E-state index < -0.39 is 10.0 Å². The summed E-state index contributed by atoms with van der Waals surface area (Å²) < 4.78 is 34.6. The van der Waals surface area contributed by atoms with Crippen molar-refractivity contribution in [3.63, 3.8) is 0 Å². The molecule has 0 spiro atoms. The van der Waals surface area contributed by atoms with Gasteiger partial charge in [0.05, 0.1) is 16.8 Å². The van der Waals surface area contributed by atoms with Crippen LogP contribution in [0.25, 0.3) is 10.2 Å². The van der Waals surface area contributed by atoms with Gasteiger partial charge in [0.1, 0.15) is 5.76 Å². The van der Waals surface area contributed by atoms with Crippen molar-refractivity contribution >= 4 is 31.6 Å². The van der Waals surface area contributed by atoms with Crippen molar-refractivity contribution in [2.75, 3.05) is 13.1 Å². The van der Waals surface area contributed by atoms with E-state index in [1.165, 1.54) is 27.8 Å². The Kier molecular flexibility index (Phi) is 3.82. The largest absolute Gasteiger partial charge is 0.446 e. The van der Waals surface area contributed by atoms with E-state index in [2.05, 4.69) is 0 Å². The molecule has 3 aromatic heterocycles. The summed E-state index contributed by atoms with van der Waals surface area (Å²) in [7, 11) is -3.54. The van der Waals surface area contributed by atoms with Crippen molar-refractivity contribution in [3.05, 3.63) is 51.8 Å². The maximum Gasteiger partial charge on any atom is 0.276 e. The highest BCUT2D eigenvalue weighted by molar-refractivity contribution is 7.89. The fourth-order valence-electron chi connectivity index (χ4n) is 2.97. The van der Waals surface area contributed by atoms with Crippen LogP contribution < -0.4 is 5.43 Å². The standard InChI is InChI=1S/C16H16N2O4S2/c19-14-5-9-17(13-6-10-23-16(13)14)11-12-3-4-15(22-12)24(20,21)18-7-1-2-8-18/h3-6,9-10H,1-2,7-8,11H2. The molecule has 0 unspecified atom stereocenters. The summed E-state index contributed by atoms with van der Waals surface area (Å²) in [6, 6.07) is 6.59. The summed E-state index contributed by atoms with van der Waals surface area (Å²) in [6.07, 6.45) is 3.48. The SMILES string of the molecule is O=c1ccn(Cc2ccc(S(=O)(=O)N3CCCC3)o2)c2ccsc12. The molecule has 0 radical (unpaired) electrons. The van der Waals surface area contributed by atoms with Crippen LogP contribution in [-0.4, -0.2) is 30.4 Å². The smallest absolute Gasteiger partial charge is 0.276 e. The molecule has 24 heavy (non-hydrogen) atoms. The van der Waals surface area contributed by atoms with E-state index in [0.29, 0.717) is 30.1 Å². The van der Waals surface area contributed by atoms with Crippen LogP contribution in [0.3, 0.4) is 0 Å². The predicted molar refractivity (Wildman–Crippen MR) is 91.9 cm³/mol. The second-order valence-corrected chi connectivity index (χ2v) is 8.56. The molecule has 0 aliphatic carbocycles. The number of rotatable bonds is 4. The summed E-state index contributed by atoms with van der Waals surface area (Å²) >= 11 is 1.40. The van der Waals surface area contributed by atoms with Crippen LogP contribution in [0.5, 0.6) is 0 Å². The average Bonchev–Trinajstić information content (AvgIpc) is 3.32. The molecule has 126 valence electrons. The highest BCUT2D eigenvalue weighted by atomic mass is 32.2. The van der Waals surface area contributed by atoms with Crippen molar-refractivity contribution in [2.24, 2.45) is 0 Å². The normalized spacial score (nSPS) is 16.2. The summed E-state index contributed by atoms with van der Waals surface area (Å²) in [5, 5.41) is 1.86. The van der Waals surface area contributed by atoms with Crippen molar-refractivity contribution in [2.45, 2.75) is 24.5 Å². The number of furan rings is 1. The number of hydrogen-bond acceptors (Lipinski definition) is 5. The van der Waals surface area contributed by atoms with Gasteiger partial charge < -0.3 is 8.98 Å². The monoisotopic (exact) mass is 364 g/mol. The third-order valence-corrected chi connectivity index (χ3v) is 6.90. The van der Waals surface area contributed by atoms with E-state index in [1.54, 1.807) is 12.3 Å². The Labute approximate surface area is 143 Å². The third-order valence-electron chi connectivity index (χ3n) is 4.21. The Morgan fingerprint density at radius 1 is 1.12 bits per heavy atom. The molecular formula is C16H16N2O4S2. The summed E-state index contributed by atoms with van der Waals surface area (Å²) in [4.78, 5) is 11.8. The van der Waals surface area contributed by atoms with E-state index in [1.807, 2.05) is 16.0 Å². The molecule has 1 aliphatic rings. The third kappa shape index (κ3) is 2.60. The van der Waals surface area contributed by atoms with Crippen molar-refractivity contribution < 1.29 is 12.8 Å². The lowest BCUT2D eigenvalue weighted by Crippen LogP contribution is -2.27. The molecule has 6 nitrogen and oxygen atoms in total. The highest BCUT2D eigenvalue weighted by Gasteiger charge is 2.29. The first-order valence-electron chi connectivity index (χ1n) is 7.71. The lowest BCUT2D eigenvalue weighted by Gasteiger charge is -2.12. The van der Waals surface area contributed by atoms with Gasteiger partial charge in [-0.15, -0.1) is 11.3 Å². The zero-order valence-electron chi connectivity index (χ0n) is 12.8. The lowest BCUT2D eigenvalue weighted by molar-refractivity contribution is 0.385. The maximum absolute atomic E-state index is 12.5. The van der Waals surface area contributed by atoms with Gasteiger partial charge in [-0.2, -0.15) is 4.31 Å². The Morgan fingerprint density at radius 2 is 1.92 bits per heavy atom.